The monoisotopic (exact) mass is 195 g/mol. The van der Waals surface area contributed by atoms with Crippen LogP contribution in [0.5, 0.6) is 0 Å². The number of carbonyl (C=O) groups is 1. The second kappa shape index (κ2) is 3.92. The van der Waals surface area contributed by atoms with Crippen LogP contribution < -0.4 is 5.32 Å². The lowest BCUT2D eigenvalue weighted by Gasteiger charge is -2.31. The summed E-state index contributed by atoms with van der Waals surface area (Å²) in [4.78, 5) is 11.2. The molecule has 1 saturated carbocycles. The Balaban J connectivity index is 1.86. The van der Waals surface area contributed by atoms with Gasteiger partial charge in [-0.15, -0.1) is 0 Å². The van der Waals surface area contributed by atoms with E-state index in [4.69, 9.17) is 0 Å². The maximum Gasteiger partial charge on any atom is 0.220 e. The van der Waals surface area contributed by atoms with Gasteiger partial charge in [0.25, 0.3) is 0 Å². The average molecular weight is 195 g/mol. The van der Waals surface area contributed by atoms with Gasteiger partial charge in [-0.2, -0.15) is 0 Å². The van der Waals surface area contributed by atoms with Crippen LogP contribution in [0.2, 0.25) is 0 Å². The van der Waals surface area contributed by atoms with Gasteiger partial charge in [-0.3, -0.25) is 4.79 Å². The Morgan fingerprint density at radius 1 is 1.36 bits per heavy atom. The van der Waals surface area contributed by atoms with Gasteiger partial charge < -0.3 is 5.32 Å². The fraction of sp³-hybridized carbons (Fsp3) is 0.917. The highest BCUT2D eigenvalue weighted by molar-refractivity contribution is 5.79. The molecule has 1 aliphatic heterocycles. The van der Waals surface area contributed by atoms with Gasteiger partial charge in [0, 0.05) is 12.0 Å². The van der Waals surface area contributed by atoms with Gasteiger partial charge in [0.15, 0.2) is 0 Å². The fourth-order valence-corrected chi connectivity index (χ4v) is 3.03. The first-order valence-corrected chi connectivity index (χ1v) is 5.99. The number of hydrogen-bond acceptors (Lipinski definition) is 1. The predicted octanol–water partition coefficient (Wildman–Crippen LogP) is 2.63. The van der Waals surface area contributed by atoms with Gasteiger partial charge in [0.1, 0.15) is 0 Å². The molecule has 0 radical (unpaired) electrons. The molecule has 1 atom stereocenters. The molecule has 2 rings (SSSR count). The second-order valence-electron chi connectivity index (χ2n) is 5.32. The molecule has 1 saturated heterocycles. The lowest BCUT2D eigenvalue weighted by molar-refractivity contribution is -0.119. The topological polar surface area (TPSA) is 29.1 Å². The Labute approximate surface area is 86.5 Å². The zero-order chi connectivity index (χ0) is 10.0. The molecule has 14 heavy (non-hydrogen) atoms. The molecule has 2 nitrogen and oxygen atoms in total. The van der Waals surface area contributed by atoms with Gasteiger partial charge >= 0.3 is 0 Å². The van der Waals surface area contributed by atoms with Gasteiger partial charge in [-0.1, -0.05) is 32.1 Å². The highest BCUT2D eigenvalue weighted by Crippen LogP contribution is 2.34. The van der Waals surface area contributed by atoms with Crippen molar-refractivity contribution in [3.8, 4) is 0 Å². The van der Waals surface area contributed by atoms with Crippen LogP contribution in [0.15, 0.2) is 0 Å². The van der Waals surface area contributed by atoms with E-state index < -0.39 is 0 Å². The van der Waals surface area contributed by atoms with Crippen molar-refractivity contribution in [2.75, 3.05) is 0 Å². The zero-order valence-electron chi connectivity index (χ0n) is 9.14. The molecule has 2 aliphatic rings. The van der Waals surface area contributed by atoms with E-state index in [9.17, 15) is 4.79 Å². The minimum atomic E-state index is 0.124. The summed E-state index contributed by atoms with van der Waals surface area (Å²) in [6.07, 6.45) is 9.96. The highest BCUT2D eigenvalue weighted by atomic mass is 16.2. The predicted molar refractivity (Wildman–Crippen MR) is 57.0 cm³/mol. The molecule has 0 aromatic carbocycles. The molecule has 80 valence electrons. The SMILES string of the molecule is CC1(CC2CCCCC2)CCC(=O)N1. The average Bonchev–Trinajstić information content (AvgIpc) is 2.47. The first-order chi connectivity index (χ1) is 6.68. The number of carbonyl (C=O) groups excluding carboxylic acids is 1. The summed E-state index contributed by atoms with van der Waals surface area (Å²) >= 11 is 0. The Morgan fingerprint density at radius 2 is 2.07 bits per heavy atom. The van der Waals surface area contributed by atoms with E-state index in [1.807, 2.05) is 0 Å². The molecule has 0 aromatic heterocycles. The van der Waals surface area contributed by atoms with Crippen LogP contribution in [0.4, 0.5) is 0 Å². The molecule has 2 heteroatoms. The summed E-state index contributed by atoms with van der Waals surface area (Å²) in [7, 11) is 0. The standard InChI is InChI=1S/C12H21NO/c1-12(8-7-11(14)13-12)9-10-5-3-2-4-6-10/h10H,2-9H2,1H3,(H,13,14). The van der Waals surface area contributed by atoms with E-state index >= 15 is 0 Å². The second-order valence-corrected chi connectivity index (χ2v) is 5.32. The van der Waals surface area contributed by atoms with Crippen molar-refractivity contribution in [3.05, 3.63) is 0 Å². The molecule has 0 bridgehead atoms. The number of amides is 1. The Bertz CT molecular complexity index is 220. The van der Waals surface area contributed by atoms with Crippen LogP contribution in [0.1, 0.15) is 58.3 Å². The highest BCUT2D eigenvalue weighted by Gasteiger charge is 2.35. The van der Waals surface area contributed by atoms with Crippen molar-refractivity contribution in [2.24, 2.45) is 5.92 Å². The minimum absolute atomic E-state index is 0.124. The maximum absolute atomic E-state index is 11.2. The molecule has 1 aliphatic carbocycles. The van der Waals surface area contributed by atoms with Crippen LogP contribution in [0, 0.1) is 5.92 Å². The third-order valence-electron chi connectivity index (χ3n) is 3.81. The van der Waals surface area contributed by atoms with Crippen LogP contribution in [0.25, 0.3) is 0 Å². The third kappa shape index (κ3) is 2.28. The van der Waals surface area contributed by atoms with Crippen molar-refractivity contribution in [1.82, 2.24) is 5.32 Å². The number of rotatable bonds is 2. The van der Waals surface area contributed by atoms with Gasteiger partial charge in [0.2, 0.25) is 5.91 Å². The Morgan fingerprint density at radius 3 is 2.64 bits per heavy atom. The lowest BCUT2D eigenvalue weighted by Crippen LogP contribution is -2.40. The zero-order valence-corrected chi connectivity index (χ0v) is 9.14. The van der Waals surface area contributed by atoms with E-state index in [1.54, 1.807) is 0 Å². The summed E-state index contributed by atoms with van der Waals surface area (Å²) < 4.78 is 0. The molecule has 1 N–H and O–H groups in total. The molecule has 1 amide bonds. The molecular formula is C12H21NO. The van der Waals surface area contributed by atoms with E-state index in [0.29, 0.717) is 0 Å². The summed E-state index contributed by atoms with van der Waals surface area (Å²) in [5, 5.41) is 3.14. The molecule has 0 aromatic rings. The van der Waals surface area contributed by atoms with E-state index in [2.05, 4.69) is 12.2 Å². The van der Waals surface area contributed by atoms with Gasteiger partial charge in [0.05, 0.1) is 0 Å². The van der Waals surface area contributed by atoms with Crippen LogP contribution >= 0.6 is 0 Å². The summed E-state index contributed by atoms with van der Waals surface area (Å²) in [5.74, 6) is 1.12. The van der Waals surface area contributed by atoms with E-state index in [0.717, 1.165) is 18.8 Å². The Hall–Kier alpha value is -0.530. The first kappa shape index (κ1) is 10.0. The van der Waals surface area contributed by atoms with Crippen LogP contribution in [0.3, 0.4) is 0 Å². The van der Waals surface area contributed by atoms with Crippen molar-refractivity contribution >= 4 is 5.91 Å². The van der Waals surface area contributed by atoms with E-state index in [-0.39, 0.29) is 11.4 Å². The van der Waals surface area contributed by atoms with Gasteiger partial charge in [-0.25, -0.2) is 0 Å². The van der Waals surface area contributed by atoms with Crippen molar-refractivity contribution in [3.63, 3.8) is 0 Å². The van der Waals surface area contributed by atoms with Crippen LogP contribution in [-0.2, 0) is 4.79 Å². The van der Waals surface area contributed by atoms with Crippen molar-refractivity contribution in [2.45, 2.75) is 63.8 Å². The van der Waals surface area contributed by atoms with Gasteiger partial charge in [-0.05, 0) is 25.7 Å². The smallest absolute Gasteiger partial charge is 0.220 e. The molecular weight excluding hydrogens is 174 g/mol. The fourth-order valence-electron chi connectivity index (χ4n) is 3.03. The normalized spacial score (nSPS) is 34.5. The summed E-state index contributed by atoms with van der Waals surface area (Å²) in [6.45, 7) is 2.21. The quantitative estimate of drug-likeness (QED) is 0.721. The minimum Gasteiger partial charge on any atom is -0.351 e. The largest absolute Gasteiger partial charge is 0.351 e. The number of nitrogens with one attached hydrogen (secondary N) is 1. The first-order valence-electron chi connectivity index (χ1n) is 5.99. The lowest BCUT2D eigenvalue weighted by atomic mass is 9.79. The summed E-state index contributed by atoms with van der Waals surface area (Å²) in [6, 6.07) is 0. The molecule has 1 unspecified atom stereocenters. The van der Waals surface area contributed by atoms with Crippen molar-refractivity contribution in [1.29, 1.82) is 0 Å². The molecule has 0 spiro atoms. The Kier molecular flexibility index (Phi) is 2.80. The number of hydrogen-bond donors (Lipinski definition) is 1. The third-order valence-corrected chi connectivity index (χ3v) is 3.81. The van der Waals surface area contributed by atoms with Crippen LogP contribution in [-0.4, -0.2) is 11.4 Å². The maximum atomic E-state index is 11.2. The molecule has 1 heterocycles. The summed E-state index contributed by atoms with van der Waals surface area (Å²) in [5.41, 5.74) is 0.124. The van der Waals surface area contributed by atoms with Crippen molar-refractivity contribution < 1.29 is 4.79 Å². The van der Waals surface area contributed by atoms with E-state index in [1.165, 1.54) is 38.5 Å². The molecule has 2 fully saturated rings.